The van der Waals surface area contributed by atoms with Crippen LogP contribution in [0.4, 0.5) is 8.78 Å². The molecule has 6 heterocycles. The number of rotatable bonds is 12. The lowest BCUT2D eigenvalue weighted by molar-refractivity contribution is 0.0831. The van der Waals surface area contributed by atoms with E-state index in [0.29, 0.717) is 24.2 Å². The highest BCUT2D eigenvalue weighted by molar-refractivity contribution is 5.98. The summed E-state index contributed by atoms with van der Waals surface area (Å²) in [5, 5.41) is 8.97. The third-order valence-corrected chi connectivity index (χ3v) is 11.9. The van der Waals surface area contributed by atoms with E-state index in [1.807, 2.05) is 9.13 Å². The summed E-state index contributed by atoms with van der Waals surface area (Å²) in [4.78, 5) is 54.6. The molecule has 2 aromatic carbocycles. The lowest BCUT2D eigenvalue weighted by Crippen LogP contribution is -2.37. The highest BCUT2D eigenvalue weighted by Crippen LogP contribution is 2.24. The number of hydrogen-bond donors (Lipinski definition) is 0. The van der Waals surface area contributed by atoms with Crippen LogP contribution in [0.1, 0.15) is 96.6 Å². The van der Waals surface area contributed by atoms with E-state index in [2.05, 4.69) is 20.0 Å². The van der Waals surface area contributed by atoms with Crippen LogP contribution in [0, 0.1) is 23.5 Å². The number of Topliss-reactive ketones (excluding diaryl/α,β-unsaturated/α-hetero) is 2. The van der Waals surface area contributed by atoms with Gasteiger partial charge in [-0.05, 0) is 152 Å². The van der Waals surface area contributed by atoms with Gasteiger partial charge in [0.15, 0.2) is 11.6 Å². The van der Waals surface area contributed by atoms with Crippen LogP contribution in [0.25, 0.3) is 0 Å². The van der Waals surface area contributed by atoms with Crippen molar-refractivity contribution in [2.24, 2.45) is 11.8 Å². The maximum absolute atomic E-state index is 13.0. The molecule has 0 spiro atoms. The number of hydrogen-bond acceptors (Lipinski definition) is 8. The van der Waals surface area contributed by atoms with Gasteiger partial charge in [-0.15, -0.1) is 24.8 Å². The summed E-state index contributed by atoms with van der Waals surface area (Å²) >= 11 is 0. The van der Waals surface area contributed by atoms with Crippen LogP contribution in [0.5, 0.6) is 0 Å². The summed E-state index contributed by atoms with van der Waals surface area (Å²) in [5.74, 6) is 1.50. The topological polar surface area (TPSA) is 152 Å². The molecule has 0 radical (unpaired) electrons. The number of nitrogens with zero attached hydrogens (tertiary/aromatic N) is 8. The van der Waals surface area contributed by atoms with Gasteiger partial charge in [0.25, 0.3) is 0 Å². The van der Waals surface area contributed by atoms with Gasteiger partial charge < -0.3 is 15.3 Å². The van der Waals surface area contributed by atoms with Crippen molar-refractivity contribution < 1.29 is 23.8 Å². The summed E-state index contributed by atoms with van der Waals surface area (Å²) in [6, 6.07) is 11.7. The van der Waals surface area contributed by atoms with Crippen LogP contribution in [0.3, 0.4) is 0 Å². The summed E-state index contributed by atoms with van der Waals surface area (Å²) in [7, 11) is 0. The van der Waals surface area contributed by atoms with E-state index in [1.54, 1.807) is 33.6 Å². The molecule has 59 heavy (non-hydrogen) atoms. The number of ketones is 2. The van der Waals surface area contributed by atoms with Gasteiger partial charge in [-0.25, -0.2) is 27.7 Å². The lowest BCUT2D eigenvalue weighted by Gasteiger charge is -2.31. The summed E-state index contributed by atoms with van der Waals surface area (Å²) < 4.78 is 32.9. The minimum atomic E-state index is -0.316. The second-order valence-corrected chi connectivity index (χ2v) is 15.7. The molecule has 0 saturated carbocycles. The van der Waals surface area contributed by atoms with Crippen LogP contribution in [-0.2, 0) is 39.0 Å². The zero-order chi connectivity index (χ0) is 39.0. The molecular formula is C42H58Cl2F2N8O5. The molecule has 4 aromatic rings. The van der Waals surface area contributed by atoms with Gasteiger partial charge in [0.05, 0.1) is 0 Å². The predicted molar refractivity (Wildman–Crippen MR) is 226 cm³/mol. The highest BCUT2D eigenvalue weighted by Gasteiger charge is 2.27. The lowest BCUT2D eigenvalue weighted by atomic mass is 9.89. The van der Waals surface area contributed by atoms with Gasteiger partial charge in [0.1, 0.15) is 23.3 Å². The summed E-state index contributed by atoms with van der Waals surface area (Å²) in [6.45, 7) is 8.23. The van der Waals surface area contributed by atoms with Crippen LogP contribution in [-0.4, -0.2) is 94.8 Å². The van der Waals surface area contributed by atoms with Crippen molar-refractivity contribution >= 4 is 36.4 Å². The molecule has 4 aliphatic heterocycles. The number of carbonyl (C=O) groups is 2. The average Bonchev–Trinajstić information content (AvgIpc) is 3.73. The van der Waals surface area contributed by atoms with E-state index in [1.165, 1.54) is 24.3 Å². The molecule has 8 rings (SSSR count). The average molecular weight is 864 g/mol. The fourth-order valence-corrected chi connectivity index (χ4v) is 8.61. The molecule has 0 aliphatic carbocycles. The Labute approximate surface area is 355 Å². The minimum absolute atomic E-state index is 0. The molecule has 2 N–H and O–H groups in total. The number of aromatic nitrogens is 6. The maximum atomic E-state index is 13.0. The van der Waals surface area contributed by atoms with Crippen molar-refractivity contribution in [3.8, 4) is 0 Å². The molecule has 2 saturated heterocycles. The standard InChI is InChI=1S/2C21H27FN4O2.2ClH.H2O/c2*22-18-7-5-16(6-8-18)20(27)17-9-14-24(15-10-17)11-3-13-26-21(28)25-12-2-1-4-19(25)23-26;;;/h2*5-8,17H,1-4,9-15H2;2*1H;1H2. The predicted octanol–water partition coefficient (Wildman–Crippen LogP) is 5.03. The Morgan fingerprint density at radius 3 is 1.24 bits per heavy atom. The van der Waals surface area contributed by atoms with Gasteiger partial charge in [0.2, 0.25) is 0 Å². The van der Waals surface area contributed by atoms with Gasteiger partial charge >= 0.3 is 11.4 Å². The van der Waals surface area contributed by atoms with E-state index >= 15 is 0 Å². The SMILES string of the molecule is Cl.Cl.O.O=C(c1ccc(F)cc1)C1CCN(CCCn2nc3n(c2=O)CCCC3)CC1.O=C(c1ccc(F)cc1)C1CCN(CCCn2nc3n(c2=O)CCCC3)CC1. The number of benzene rings is 2. The normalized spacial score (nSPS) is 17.3. The van der Waals surface area contributed by atoms with E-state index in [9.17, 15) is 28.0 Å². The number of fused-ring (bicyclic) bond motifs is 2. The molecule has 0 atom stereocenters. The number of likely N-dealkylation sites (tertiary alicyclic amines) is 2. The van der Waals surface area contributed by atoms with Crippen molar-refractivity contribution in [2.75, 3.05) is 39.3 Å². The van der Waals surface area contributed by atoms with Gasteiger partial charge in [-0.2, -0.15) is 10.2 Å². The highest BCUT2D eigenvalue weighted by atomic mass is 35.5. The van der Waals surface area contributed by atoms with Gasteiger partial charge in [-0.1, -0.05) is 0 Å². The molecule has 13 nitrogen and oxygen atoms in total. The van der Waals surface area contributed by atoms with E-state index in [-0.39, 0.29) is 76.7 Å². The van der Waals surface area contributed by atoms with Crippen molar-refractivity contribution in [3.05, 3.63) is 104 Å². The van der Waals surface area contributed by atoms with Crippen LogP contribution >= 0.6 is 24.8 Å². The molecule has 17 heteroatoms. The molecule has 0 unspecified atom stereocenters. The molecule has 4 aliphatic rings. The first-order valence-corrected chi connectivity index (χ1v) is 20.6. The van der Waals surface area contributed by atoms with E-state index in [4.69, 9.17) is 0 Å². The number of piperidine rings is 2. The molecule has 2 aromatic heterocycles. The van der Waals surface area contributed by atoms with Crippen molar-refractivity contribution in [3.63, 3.8) is 0 Å². The Bertz CT molecular complexity index is 1920. The van der Waals surface area contributed by atoms with E-state index in [0.717, 1.165) is 141 Å². The minimum Gasteiger partial charge on any atom is -0.412 e. The zero-order valence-electron chi connectivity index (χ0n) is 33.6. The maximum Gasteiger partial charge on any atom is 0.345 e. The molecule has 2 fully saturated rings. The van der Waals surface area contributed by atoms with Crippen molar-refractivity contribution in [1.82, 2.24) is 38.5 Å². The smallest absolute Gasteiger partial charge is 0.345 e. The van der Waals surface area contributed by atoms with Gasteiger partial charge in [-0.3, -0.25) is 18.7 Å². The summed E-state index contributed by atoms with van der Waals surface area (Å²) in [5.41, 5.74) is 1.25. The third kappa shape index (κ3) is 12.1. The first-order valence-electron chi connectivity index (χ1n) is 20.6. The third-order valence-electron chi connectivity index (χ3n) is 11.9. The van der Waals surface area contributed by atoms with Crippen LogP contribution in [0.2, 0.25) is 0 Å². The molecule has 0 amide bonds. The van der Waals surface area contributed by atoms with E-state index < -0.39 is 0 Å². The number of carbonyl (C=O) groups excluding carboxylic acids is 2. The first kappa shape index (κ1) is 47.7. The van der Waals surface area contributed by atoms with Crippen molar-refractivity contribution in [1.29, 1.82) is 0 Å². The number of halogens is 4. The Morgan fingerprint density at radius 2 is 0.898 bits per heavy atom. The fourth-order valence-electron chi connectivity index (χ4n) is 8.61. The second-order valence-electron chi connectivity index (χ2n) is 15.7. The quantitative estimate of drug-likeness (QED) is 0.180. The molecular weight excluding hydrogens is 805 g/mol. The Balaban J connectivity index is 0.000000248. The van der Waals surface area contributed by atoms with Crippen LogP contribution < -0.4 is 11.4 Å². The van der Waals surface area contributed by atoms with Crippen LogP contribution in [0.15, 0.2) is 58.1 Å². The largest absolute Gasteiger partial charge is 0.412 e. The molecule has 0 bridgehead atoms. The van der Waals surface area contributed by atoms with Crippen molar-refractivity contribution in [2.45, 2.75) is 103 Å². The zero-order valence-corrected chi connectivity index (χ0v) is 35.2. The first-order chi connectivity index (χ1) is 27.2. The summed E-state index contributed by atoms with van der Waals surface area (Å²) in [6.07, 6.45) is 11.2. The Morgan fingerprint density at radius 1 is 0.542 bits per heavy atom. The number of aryl methyl sites for hydroxylation is 4. The molecule has 324 valence electrons. The second kappa shape index (κ2) is 22.5. The Kier molecular flexibility index (Phi) is 18.2. The monoisotopic (exact) mass is 862 g/mol. The van der Waals surface area contributed by atoms with Gasteiger partial charge in [0, 0.05) is 62.0 Å². The fraction of sp³-hybridized carbons (Fsp3) is 0.571. The Hall–Kier alpha value is -4.02.